The van der Waals surface area contributed by atoms with Gasteiger partial charge in [0.1, 0.15) is 16.9 Å². The number of carbonyl (C=O) groups is 1. The van der Waals surface area contributed by atoms with E-state index in [1.165, 1.54) is 25.0 Å². The summed E-state index contributed by atoms with van der Waals surface area (Å²) in [5, 5.41) is 11.6. The van der Waals surface area contributed by atoms with Gasteiger partial charge in [-0.1, -0.05) is 12.1 Å². The maximum atomic E-state index is 13.5. The number of ether oxygens (including phenoxy) is 1. The van der Waals surface area contributed by atoms with Crippen molar-refractivity contribution in [3.05, 3.63) is 35.5 Å². The number of benzene rings is 1. The van der Waals surface area contributed by atoms with E-state index >= 15 is 0 Å². The number of piperidine rings is 1. The number of rotatable bonds is 8. The highest BCUT2D eigenvalue weighted by atomic mass is 32.1. The molecule has 2 aliphatic heterocycles. The molecule has 1 aromatic carbocycles. The number of fused-ring (bicyclic) bond motifs is 3. The molecule has 3 fully saturated rings. The summed E-state index contributed by atoms with van der Waals surface area (Å²) >= 11 is 1.59. The molecule has 2 bridgehead atoms. The van der Waals surface area contributed by atoms with Gasteiger partial charge in [-0.15, -0.1) is 11.3 Å². The number of hydrogen-bond donors (Lipinski definition) is 1. The van der Waals surface area contributed by atoms with E-state index in [9.17, 15) is 9.18 Å². The second-order valence-electron chi connectivity index (χ2n) is 9.54. The molecular weight excluding hydrogens is 439 g/mol. The lowest BCUT2D eigenvalue weighted by Gasteiger charge is -2.32. The fourth-order valence-electron chi connectivity index (χ4n) is 5.94. The molecule has 0 spiro atoms. The number of carbonyl (C=O) groups excluding carboxylic acids is 1. The summed E-state index contributed by atoms with van der Waals surface area (Å²) in [5.74, 6) is 1.23. The van der Waals surface area contributed by atoms with Crippen molar-refractivity contribution in [2.45, 2.75) is 56.8 Å². The van der Waals surface area contributed by atoms with Gasteiger partial charge in [0.05, 0.1) is 18.0 Å². The van der Waals surface area contributed by atoms with E-state index in [0.717, 1.165) is 72.4 Å². The van der Waals surface area contributed by atoms with Crippen LogP contribution in [0.1, 0.15) is 32.1 Å². The molecule has 3 aliphatic rings. The summed E-state index contributed by atoms with van der Waals surface area (Å²) in [6, 6.07) is 7.66. The first-order chi connectivity index (χ1) is 16.2. The van der Waals surface area contributed by atoms with Gasteiger partial charge in [-0.25, -0.2) is 9.07 Å². The number of aromatic nitrogens is 2. The number of aldehydes is 1. The topological polar surface area (TPSA) is 59.4 Å². The Bertz CT molecular complexity index is 1140. The summed E-state index contributed by atoms with van der Waals surface area (Å²) in [6.45, 7) is 3.15. The number of hydrogen-bond acceptors (Lipinski definition) is 6. The molecule has 33 heavy (non-hydrogen) atoms. The number of nitrogens with one attached hydrogen (secondary N) is 1. The van der Waals surface area contributed by atoms with Crippen LogP contribution in [0.4, 0.5) is 10.2 Å². The van der Waals surface area contributed by atoms with Crippen molar-refractivity contribution in [3.8, 4) is 11.1 Å². The molecule has 1 saturated carbocycles. The van der Waals surface area contributed by atoms with E-state index in [-0.39, 0.29) is 12.4 Å². The van der Waals surface area contributed by atoms with Crippen molar-refractivity contribution >= 4 is 33.7 Å². The maximum Gasteiger partial charge on any atom is 0.160 e. The van der Waals surface area contributed by atoms with Crippen molar-refractivity contribution in [1.29, 1.82) is 0 Å². The highest BCUT2D eigenvalue weighted by Crippen LogP contribution is 2.46. The van der Waals surface area contributed by atoms with Crippen LogP contribution in [0.3, 0.4) is 0 Å². The Morgan fingerprint density at radius 2 is 2.15 bits per heavy atom. The van der Waals surface area contributed by atoms with Gasteiger partial charge in [0.15, 0.2) is 5.82 Å². The molecular formula is C25H29FN4O2S. The minimum atomic E-state index is -0.242. The lowest BCUT2D eigenvalue weighted by atomic mass is 10.0. The third-order valence-electron chi connectivity index (χ3n) is 7.56. The third-order valence-corrected chi connectivity index (χ3v) is 8.55. The Kier molecular flexibility index (Phi) is 5.68. The SMILES string of the molecule is O=CCn1nc(N2CC3CC2CC3OCCC2CCCN2)c2c(-c3ccc(F)cc3)csc21. The Morgan fingerprint density at radius 1 is 1.27 bits per heavy atom. The van der Waals surface area contributed by atoms with Crippen molar-refractivity contribution in [3.63, 3.8) is 0 Å². The maximum absolute atomic E-state index is 13.5. The molecule has 4 unspecified atom stereocenters. The Hall–Kier alpha value is -2.29. The first-order valence-corrected chi connectivity index (χ1v) is 12.9. The zero-order valence-electron chi connectivity index (χ0n) is 18.6. The largest absolute Gasteiger partial charge is 0.378 e. The molecule has 4 heterocycles. The summed E-state index contributed by atoms with van der Waals surface area (Å²) in [4.78, 5) is 14.7. The quantitative estimate of drug-likeness (QED) is 0.502. The normalized spacial score (nSPS) is 26.6. The van der Waals surface area contributed by atoms with Crippen LogP contribution in [0.25, 0.3) is 21.3 Å². The van der Waals surface area contributed by atoms with E-state index in [1.807, 2.05) is 16.8 Å². The van der Waals surface area contributed by atoms with Crippen LogP contribution in [0, 0.1) is 11.7 Å². The van der Waals surface area contributed by atoms with Crippen LogP contribution >= 0.6 is 11.3 Å². The molecule has 4 atom stereocenters. The molecule has 174 valence electrons. The fourth-order valence-corrected chi connectivity index (χ4v) is 6.97. The van der Waals surface area contributed by atoms with Gasteiger partial charge >= 0.3 is 0 Å². The van der Waals surface area contributed by atoms with Gasteiger partial charge in [-0.3, -0.25) is 0 Å². The molecule has 6 rings (SSSR count). The summed E-state index contributed by atoms with van der Waals surface area (Å²) < 4.78 is 21.7. The summed E-state index contributed by atoms with van der Waals surface area (Å²) in [5.41, 5.74) is 2.03. The second kappa shape index (κ2) is 8.81. The summed E-state index contributed by atoms with van der Waals surface area (Å²) in [6.07, 6.45) is 7.04. The molecule has 0 radical (unpaired) electrons. The molecule has 2 aromatic heterocycles. The van der Waals surface area contributed by atoms with Crippen molar-refractivity contribution in [1.82, 2.24) is 15.1 Å². The van der Waals surface area contributed by atoms with Gasteiger partial charge in [-0.05, 0) is 56.3 Å². The minimum absolute atomic E-state index is 0.239. The first kappa shape index (κ1) is 21.3. The number of anilines is 1. The monoisotopic (exact) mass is 468 g/mol. The standard InChI is InChI=1S/C25H29FN4O2S/c26-18-5-3-16(4-6-18)21-15-33-25-23(21)24(28-30(25)9-10-31)29-14-17-12-20(29)13-22(17)32-11-7-19-2-1-8-27-19/h3-6,10,15,17,19-20,22,27H,1-2,7-9,11-14H2. The van der Waals surface area contributed by atoms with E-state index in [2.05, 4.69) is 15.6 Å². The molecule has 2 saturated heterocycles. The minimum Gasteiger partial charge on any atom is -0.378 e. The molecule has 1 aliphatic carbocycles. The van der Waals surface area contributed by atoms with Crippen molar-refractivity contribution < 1.29 is 13.9 Å². The molecule has 6 nitrogen and oxygen atoms in total. The average molecular weight is 469 g/mol. The molecule has 1 N–H and O–H groups in total. The van der Waals surface area contributed by atoms with E-state index in [1.54, 1.807) is 11.3 Å². The lowest BCUT2D eigenvalue weighted by molar-refractivity contribution is -0.108. The van der Waals surface area contributed by atoms with Gasteiger partial charge in [0, 0.05) is 42.1 Å². The number of halogens is 1. The van der Waals surface area contributed by atoms with E-state index in [0.29, 0.717) is 24.1 Å². The fraction of sp³-hybridized carbons (Fsp3) is 0.520. The van der Waals surface area contributed by atoms with Gasteiger partial charge in [-0.2, -0.15) is 5.10 Å². The predicted molar refractivity (Wildman–Crippen MR) is 128 cm³/mol. The lowest BCUT2D eigenvalue weighted by Crippen LogP contribution is -2.39. The summed E-state index contributed by atoms with van der Waals surface area (Å²) in [7, 11) is 0. The molecule has 0 amide bonds. The van der Waals surface area contributed by atoms with Crippen LogP contribution in [-0.2, 0) is 16.1 Å². The number of thiophene rings is 1. The van der Waals surface area contributed by atoms with Gasteiger partial charge in [0.25, 0.3) is 0 Å². The zero-order valence-corrected chi connectivity index (χ0v) is 19.4. The molecule has 8 heteroatoms. The number of nitrogens with zero attached hydrogens (tertiary/aromatic N) is 3. The van der Waals surface area contributed by atoms with Crippen LogP contribution in [0.15, 0.2) is 29.6 Å². The van der Waals surface area contributed by atoms with Crippen LogP contribution < -0.4 is 10.2 Å². The first-order valence-electron chi connectivity index (χ1n) is 12.0. The van der Waals surface area contributed by atoms with Gasteiger partial charge in [0.2, 0.25) is 0 Å². The van der Waals surface area contributed by atoms with Gasteiger partial charge < -0.3 is 19.7 Å². The van der Waals surface area contributed by atoms with Crippen molar-refractivity contribution in [2.75, 3.05) is 24.6 Å². The zero-order chi connectivity index (χ0) is 22.4. The van der Waals surface area contributed by atoms with Crippen molar-refractivity contribution in [2.24, 2.45) is 5.92 Å². The molecule has 3 aromatic rings. The third kappa shape index (κ3) is 3.88. The Balaban J connectivity index is 1.23. The smallest absolute Gasteiger partial charge is 0.160 e. The van der Waals surface area contributed by atoms with E-state index in [4.69, 9.17) is 9.84 Å². The second-order valence-corrected chi connectivity index (χ2v) is 10.4. The Morgan fingerprint density at radius 3 is 2.88 bits per heavy atom. The van der Waals surface area contributed by atoms with E-state index < -0.39 is 0 Å². The van der Waals surface area contributed by atoms with Crippen LogP contribution in [0.2, 0.25) is 0 Å². The average Bonchev–Trinajstić information content (AvgIpc) is 3.63. The van der Waals surface area contributed by atoms with Crippen LogP contribution in [-0.4, -0.2) is 54.0 Å². The predicted octanol–water partition coefficient (Wildman–Crippen LogP) is 4.23. The van der Waals surface area contributed by atoms with Crippen LogP contribution in [0.5, 0.6) is 0 Å². The highest BCUT2D eigenvalue weighted by Gasteiger charge is 2.46. The Labute approximate surface area is 196 Å². The highest BCUT2D eigenvalue weighted by molar-refractivity contribution is 7.17.